The fraction of sp³-hybridized carbons (Fsp3) is 0.0909. The van der Waals surface area contributed by atoms with Crippen LogP contribution in [0.15, 0.2) is 45.9 Å². The van der Waals surface area contributed by atoms with Gasteiger partial charge < -0.3 is 10.3 Å². The fourth-order valence-corrected chi connectivity index (χ4v) is 1.78. The number of hydrogen-bond donors (Lipinski definition) is 1. The molecule has 4 nitrogen and oxygen atoms in total. The van der Waals surface area contributed by atoms with E-state index >= 15 is 0 Å². The lowest BCUT2D eigenvalue weighted by Crippen LogP contribution is -2.20. The van der Waals surface area contributed by atoms with Crippen molar-refractivity contribution < 1.29 is 0 Å². The molecular formula is C11H10BrN3O. The predicted octanol–water partition coefficient (Wildman–Crippen LogP) is 1.64. The molecule has 82 valence electrons. The average Bonchev–Trinajstić information content (AvgIpc) is 2.28. The summed E-state index contributed by atoms with van der Waals surface area (Å²) in [5, 5.41) is 0. The second kappa shape index (κ2) is 4.49. The second-order valence-corrected chi connectivity index (χ2v) is 4.19. The van der Waals surface area contributed by atoms with Crippen LogP contribution >= 0.6 is 15.9 Å². The Morgan fingerprint density at radius 3 is 2.94 bits per heavy atom. The molecule has 0 atom stereocenters. The third-order valence-corrected chi connectivity index (χ3v) is 2.84. The summed E-state index contributed by atoms with van der Waals surface area (Å²) in [5.41, 5.74) is 6.48. The second-order valence-electron chi connectivity index (χ2n) is 3.34. The fourth-order valence-electron chi connectivity index (χ4n) is 1.40. The zero-order valence-corrected chi connectivity index (χ0v) is 10.0. The van der Waals surface area contributed by atoms with Crippen LogP contribution in [0.1, 0.15) is 5.56 Å². The lowest BCUT2D eigenvalue weighted by Gasteiger charge is -2.07. The van der Waals surface area contributed by atoms with E-state index in [2.05, 4.69) is 20.9 Å². The molecule has 0 aliphatic heterocycles. The lowest BCUT2D eigenvalue weighted by molar-refractivity contribution is 0.754. The molecule has 0 spiro atoms. The van der Waals surface area contributed by atoms with Crippen LogP contribution in [0.25, 0.3) is 0 Å². The highest BCUT2D eigenvalue weighted by molar-refractivity contribution is 9.10. The average molecular weight is 280 g/mol. The Morgan fingerprint density at radius 1 is 1.38 bits per heavy atom. The summed E-state index contributed by atoms with van der Waals surface area (Å²) >= 11 is 3.20. The van der Waals surface area contributed by atoms with E-state index in [-0.39, 0.29) is 5.56 Å². The van der Waals surface area contributed by atoms with Crippen molar-refractivity contribution in [3.05, 3.63) is 57.0 Å². The molecule has 0 saturated heterocycles. The summed E-state index contributed by atoms with van der Waals surface area (Å²) in [4.78, 5) is 15.7. The lowest BCUT2D eigenvalue weighted by atomic mass is 10.2. The van der Waals surface area contributed by atoms with Gasteiger partial charge in [0.15, 0.2) is 0 Å². The molecule has 2 heterocycles. The molecule has 0 aliphatic carbocycles. The minimum absolute atomic E-state index is 0.0780. The number of anilines is 1. The van der Waals surface area contributed by atoms with Crippen LogP contribution < -0.4 is 11.3 Å². The van der Waals surface area contributed by atoms with Gasteiger partial charge in [0.2, 0.25) is 0 Å². The predicted molar refractivity (Wildman–Crippen MR) is 66.2 cm³/mol. The Hall–Kier alpha value is -1.62. The van der Waals surface area contributed by atoms with Crippen LogP contribution in [0.3, 0.4) is 0 Å². The number of aromatic nitrogens is 2. The van der Waals surface area contributed by atoms with Gasteiger partial charge in [-0.1, -0.05) is 6.07 Å². The number of nitrogen functional groups attached to an aromatic ring is 1. The van der Waals surface area contributed by atoms with Gasteiger partial charge >= 0.3 is 0 Å². The molecule has 0 saturated carbocycles. The van der Waals surface area contributed by atoms with Crippen LogP contribution in [-0.2, 0) is 6.54 Å². The summed E-state index contributed by atoms with van der Waals surface area (Å²) in [7, 11) is 0. The zero-order valence-electron chi connectivity index (χ0n) is 8.43. The maximum atomic E-state index is 11.7. The van der Waals surface area contributed by atoms with E-state index in [0.29, 0.717) is 16.8 Å². The molecule has 16 heavy (non-hydrogen) atoms. The maximum Gasteiger partial charge on any atom is 0.265 e. The molecule has 2 N–H and O–H groups in total. The SMILES string of the molecule is Nc1ncccc1Cn1cccc(Br)c1=O. The van der Waals surface area contributed by atoms with Crippen LogP contribution in [0.5, 0.6) is 0 Å². The van der Waals surface area contributed by atoms with Gasteiger partial charge in [-0.05, 0) is 34.1 Å². The summed E-state index contributed by atoms with van der Waals surface area (Å²) in [5.74, 6) is 0.453. The van der Waals surface area contributed by atoms with E-state index in [1.54, 1.807) is 35.2 Å². The smallest absolute Gasteiger partial charge is 0.265 e. The molecule has 2 aromatic rings. The molecule has 0 aromatic carbocycles. The van der Waals surface area contributed by atoms with Crippen molar-refractivity contribution in [3.63, 3.8) is 0 Å². The first-order chi connectivity index (χ1) is 7.68. The molecule has 2 aromatic heterocycles. The van der Waals surface area contributed by atoms with Gasteiger partial charge in [0.1, 0.15) is 5.82 Å². The van der Waals surface area contributed by atoms with Gasteiger partial charge in [-0.3, -0.25) is 4.79 Å². The van der Waals surface area contributed by atoms with Crippen LogP contribution in [0.2, 0.25) is 0 Å². The van der Waals surface area contributed by atoms with Crippen LogP contribution in [0, 0.1) is 0 Å². The Morgan fingerprint density at radius 2 is 2.19 bits per heavy atom. The number of nitrogens with two attached hydrogens (primary N) is 1. The van der Waals surface area contributed by atoms with Gasteiger partial charge in [0.05, 0.1) is 11.0 Å². The van der Waals surface area contributed by atoms with E-state index in [1.807, 2.05) is 6.07 Å². The highest BCUT2D eigenvalue weighted by Gasteiger charge is 2.03. The van der Waals surface area contributed by atoms with E-state index in [1.165, 1.54) is 0 Å². The molecule has 5 heteroatoms. The molecule has 0 radical (unpaired) electrons. The van der Waals surface area contributed by atoms with Crippen molar-refractivity contribution in [1.29, 1.82) is 0 Å². The van der Waals surface area contributed by atoms with Crippen LogP contribution in [0.4, 0.5) is 5.82 Å². The Bertz CT molecular complexity index is 565. The number of hydrogen-bond acceptors (Lipinski definition) is 3. The van der Waals surface area contributed by atoms with Crippen molar-refractivity contribution in [1.82, 2.24) is 9.55 Å². The molecule has 0 aliphatic rings. The summed E-state index contributed by atoms with van der Waals surface area (Å²) in [6.07, 6.45) is 3.35. The Kier molecular flexibility index (Phi) is 3.05. The Balaban J connectivity index is 2.39. The largest absolute Gasteiger partial charge is 0.383 e. The summed E-state index contributed by atoms with van der Waals surface area (Å²) in [6, 6.07) is 7.17. The summed E-state index contributed by atoms with van der Waals surface area (Å²) in [6.45, 7) is 0.429. The van der Waals surface area contributed by atoms with Gasteiger partial charge in [-0.25, -0.2) is 4.98 Å². The Labute approximate surface area is 101 Å². The first-order valence-corrected chi connectivity index (χ1v) is 5.52. The molecule has 0 fully saturated rings. The van der Waals surface area contributed by atoms with E-state index in [0.717, 1.165) is 5.56 Å². The summed E-state index contributed by atoms with van der Waals surface area (Å²) < 4.78 is 2.12. The van der Waals surface area contributed by atoms with Crippen molar-refractivity contribution in [2.75, 3.05) is 5.73 Å². The van der Waals surface area contributed by atoms with Gasteiger partial charge in [-0.2, -0.15) is 0 Å². The number of halogens is 1. The molecule has 2 rings (SSSR count). The normalized spacial score (nSPS) is 10.3. The topological polar surface area (TPSA) is 60.9 Å². The van der Waals surface area contributed by atoms with Crippen molar-refractivity contribution in [2.45, 2.75) is 6.54 Å². The van der Waals surface area contributed by atoms with Crippen molar-refractivity contribution in [2.24, 2.45) is 0 Å². The van der Waals surface area contributed by atoms with E-state index < -0.39 is 0 Å². The third-order valence-electron chi connectivity index (χ3n) is 2.24. The zero-order chi connectivity index (χ0) is 11.5. The maximum absolute atomic E-state index is 11.7. The molecule has 0 bridgehead atoms. The highest BCUT2D eigenvalue weighted by atomic mass is 79.9. The van der Waals surface area contributed by atoms with Crippen LogP contribution in [-0.4, -0.2) is 9.55 Å². The van der Waals surface area contributed by atoms with E-state index in [4.69, 9.17) is 5.73 Å². The monoisotopic (exact) mass is 279 g/mol. The standard InChI is InChI=1S/C11H10BrN3O/c12-9-4-2-6-15(11(9)16)7-8-3-1-5-14-10(8)13/h1-6H,7H2,(H2,13,14). The van der Waals surface area contributed by atoms with Gasteiger partial charge in [0, 0.05) is 18.0 Å². The van der Waals surface area contributed by atoms with E-state index in [9.17, 15) is 4.79 Å². The molecule has 0 unspecified atom stereocenters. The number of nitrogens with zero attached hydrogens (tertiary/aromatic N) is 2. The van der Waals surface area contributed by atoms with Crippen molar-refractivity contribution >= 4 is 21.7 Å². The number of pyridine rings is 2. The minimum atomic E-state index is -0.0780. The minimum Gasteiger partial charge on any atom is -0.383 e. The van der Waals surface area contributed by atoms with Crippen molar-refractivity contribution in [3.8, 4) is 0 Å². The highest BCUT2D eigenvalue weighted by Crippen LogP contribution is 2.09. The van der Waals surface area contributed by atoms with Gasteiger partial charge in [0.25, 0.3) is 5.56 Å². The number of rotatable bonds is 2. The molecular weight excluding hydrogens is 270 g/mol. The first kappa shape index (κ1) is 10.9. The van der Waals surface area contributed by atoms with Gasteiger partial charge in [-0.15, -0.1) is 0 Å². The molecule has 0 amide bonds. The quantitative estimate of drug-likeness (QED) is 0.909. The first-order valence-electron chi connectivity index (χ1n) is 4.73. The third kappa shape index (κ3) is 2.14.